The van der Waals surface area contributed by atoms with Crippen LogP contribution in [0.15, 0.2) is 0 Å². The van der Waals surface area contributed by atoms with Gasteiger partial charge in [-0.15, -0.1) is 0 Å². The first-order chi connectivity index (χ1) is 6.77. The first-order valence-electron chi connectivity index (χ1n) is 4.92. The predicted octanol–water partition coefficient (Wildman–Crippen LogP) is 0.745. The molecule has 0 bridgehead atoms. The Morgan fingerprint density at radius 2 is 2.14 bits per heavy atom. The van der Waals surface area contributed by atoms with Crippen molar-refractivity contribution < 1.29 is 14.4 Å². The number of nitrogens with two attached hydrogens (primary N) is 1. The van der Waals surface area contributed by atoms with E-state index in [2.05, 4.69) is 9.57 Å². The number of piperidine rings is 1. The topological polar surface area (TPSA) is 64.8 Å². The van der Waals surface area contributed by atoms with Crippen molar-refractivity contribution in [3.05, 3.63) is 0 Å². The maximum atomic E-state index is 11.1. The zero-order valence-electron chi connectivity index (χ0n) is 8.57. The van der Waals surface area contributed by atoms with Gasteiger partial charge in [0.2, 0.25) is 0 Å². The second-order valence-electron chi connectivity index (χ2n) is 3.56. The van der Waals surface area contributed by atoms with E-state index in [1.165, 1.54) is 7.11 Å². The van der Waals surface area contributed by atoms with E-state index >= 15 is 0 Å². The van der Waals surface area contributed by atoms with Crippen molar-refractivity contribution in [3.8, 4) is 0 Å². The average Bonchev–Trinajstić information content (AvgIpc) is 2.26. The van der Waals surface area contributed by atoms with Gasteiger partial charge < -0.3 is 14.5 Å². The summed E-state index contributed by atoms with van der Waals surface area (Å²) in [7, 11) is 1.41. The first kappa shape index (κ1) is 11.3. The van der Waals surface area contributed by atoms with E-state index in [4.69, 9.17) is 5.90 Å². The maximum Gasteiger partial charge on any atom is 0.409 e. The van der Waals surface area contributed by atoms with Gasteiger partial charge in [-0.25, -0.2) is 10.7 Å². The maximum absolute atomic E-state index is 11.1. The lowest BCUT2D eigenvalue weighted by Gasteiger charge is -2.30. The molecule has 0 radical (unpaired) electrons. The van der Waals surface area contributed by atoms with Crippen LogP contribution in [0.4, 0.5) is 4.79 Å². The first-order valence-corrected chi connectivity index (χ1v) is 4.92. The summed E-state index contributed by atoms with van der Waals surface area (Å²) in [5, 5.41) is 0. The van der Waals surface area contributed by atoms with Gasteiger partial charge in [-0.3, -0.25) is 0 Å². The fraction of sp³-hybridized carbons (Fsp3) is 0.889. The third-order valence-corrected chi connectivity index (χ3v) is 2.69. The smallest absolute Gasteiger partial charge is 0.409 e. The van der Waals surface area contributed by atoms with E-state index < -0.39 is 0 Å². The molecule has 1 fully saturated rings. The van der Waals surface area contributed by atoms with Gasteiger partial charge in [0.05, 0.1) is 13.7 Å². The highest BCUT2D eigenvalue weighted by atomic mass is 16.6. The van der Waals surface area contributed by atoms with Crippen molar-refractivity contribution in [2.45, 2.75) is 19.3 Å². The van der Waals surface area contributed by atoms with Crippen molar-refractivity contribution in [2.24, 2.45) is 11.8 Å². The Hall–Kier alpha value is -0.810. The predicted molar refractivity (Wildman–Crippen MR) is 51.5 cm³/mol. The van der Waals surface area contributed by atoms with Crippen LogP contribution >= 0.6 is 0 Å². The Morgan fingerprint density at radius 3 is 2.64 bits per heavy atom. The van der Waals surface area contributed by atoms with E-state index in [1.54, 1.807) is 4.90 Å². The van der Waals surface area contributed by atoms with Gasteiger partial charge in [0.25, 0.3) is 0 Å². The third kappa shape index (κ3) is 3.16. The lowest BCUT2D eigenvalue weighted by molar-refractivity contribution is 0.0882. The van der Waals surface area contributed by atoms with Crippen LogP contribution in [0.5, 0.6) is 0 Å². The molecule has 0 aromatic heterocycles. The fourth-order valence-electron chi connectivity index (χ4n) is 1.77. The van der Waals surface area contributed by atoms with Crippen LogP contribution < -0.4 is 5.90 Å². The monoisotopic (exact) mass is 202 g/mol. The molecule has 1 aliphatic heterocycles. The highest BCUT2D eigenvalue weighted by molar-refractivity contribution is 5.67. The third-order valence-electron chi connectivity index (χ3n) is 2.69. The summed E-state index contributed by atoms with van der Waals surface area (Å²) >= 11 is 0. The van der Waals surface area contributed by atoms with Crippen LogP contribution in [-0.2, 0) is 9.57 Å². The highest BCUT2D eigenvalue weighted by Gasteiger charge is 2.22. The van der Waals surface area contributed by atoms with Gasteiger partial charge in [-0.05, 0) is 25.2 Å². The Balaban J connectivity index is 2.20. The molecule has 2 N–H and O–H groups in total. The zero-order chi connectivity index (χ0) is 10.4. The summed E-state index contributed by atoms with van der Waals surface area (Å²) in [5.41, 5.74) is 0. The van der Waals surface area contributed by atoms with Crippen LogP contribution in [0.25, 0.3) is 0 Å². The number of nitrogens with zero attached hydrogens (tertiary/aromatic N) is 1. The normalized spacial score (nSPS) is 18.3. The van der Waals surface area contributed by atoms with Crippen molar-refractivity contribution in [1.82, 2.24) is 4.90 Å². The van der Waals surface area contributed by atoms with Crippen LogP contribution in [-0.4, -0.2) is 37.8 Å². The van der Waals surface area contributed by atoms with E-state index in [1.807, 2.05) is 0 Å². The molecule has 5 nitrogen and oxygen atoms in total. The van der Waals surface area contributed by atoms with E-state index in [-0.39, 0.29) is 6.09 Å². The molecule has 0 aromatic rings. The van der Waals surface area contributed by atoms with Crippen LogP contribution in [0.2, 0.25) is 0 Å². The number of amides is 1. The molecular formula is C9H18N2O3. The zero-order valence-corrected chi connectivity index (χ0v) is 8.57. The number of rotatable bonds is 3. The molecule has 14 heavy (non-hydrogen) atoms. The van der Waals surface area contributed by atoms with Gasteiger partial charge in [0.15, 0.2) is 0 Å². The number of hydrogen-bond donors (Lipinski definition) is 1. The van der Waals surface area contributed by atoms with Gasteiger partial charge >= 0.3 is 6.09 Å². The summed E-state index contributed by atoms with van der Waals surface area (Å²) in [6.07, 6.45) is 2.78. The molecule has 1 amide bonds. The Kier molecular flexibility index (Phi) is 4.69. The summed E-state index contributed by atoms with van der Waals surface area (Å²) < 4.78 is 4.65. The summed E-state index contributed by atoms with van der Waals surface area (Å²) in [4.78, 5) is 17.4. The number of likely N-dealkylation sites (tertiary alicyclic amines) is 1. The molecule has 0 saturated carbocycles. The molecule has 1 heterocycles. The van der Waals surface area contributed by atoms with E-state index in [9.17, 15) is 4.79 Å². The number of hydrogen-bond acceptors (Lipinski definition) is 4. The molecule has 0 aliphatic carbocycles. The van der Waals surface area contributed by atoms with Crippen LogP contribution in [0, 0.1) is 5.92 Å². The minimum absolute atomic E-state index is 0.224. The number of carbonyl (C=O) groups is 1. The standard InChI is InChI=1S/C9H18N2O3/c1-13-9(12)11-5-2-8(3-6-11)4-7-14-10/h8H,2-7,10H2,1H3. The summed E-state index contributed by atoms with van der Waals surface area (Å²) in [6, 6.07) is 0. The minimum Gasteiger partial charge on any atom is -0.453 e. The Morgan fingerprint density at radius 1 is 1.50 bits per heavy atom. The fourth-order valence-corrected chi connectivity index (χ4v) is 1.77. The van der Waals surface area contributed by atoms with Gasteiger partial charge in [0, 0.05) is 13.1 Å². The van der Waals surface area contributed by atoms with Gasteiger partial charge in [0.1, 0.15) is 0 Å². The quantitative estimate of drug-likeness (QED) is 0.686. The molecule has 0 spiro atoms. The summed E-state index contributed by atoms with van der Waals surface area (Å²) in [6.45, 7) is 2.16. The molecular weight excluding hydrogens is 184 g/mol. The molecule has 0 unspecified atom stereocenters. The average molecular weight is 202 g/mol. The lowest BCUT2D eigenvalue weighted by atomic mass is 9.94. The number of ether oxygens (including phenoxy) is 1. The molecule has 1 saturated heterocycles. The second-order valence-corrected chi connectivity index (χ2v) is 3.56. The second kappa shape index (κ2) is 5.82. The number of methoxy groups -OCH3 is 1. The van der Waals surface area contributed by atoms with Crippen molar-refractivity contribution in [3.63, 3.8) is 0 Å². The van der Waals surface area contributed by atoms with Crippen molar-refractivity contribution >= 4 is 6.09 Å². The Labute approximate surface area is 84.1 Å². The molecule has 0 atom stereocenters. The molecule has 5 heteroatoms. The largest absolute Gasteiger partial charge is 0.453 e. The van der Waals surface area contributed by atoms with Crippen molar-refractivity contribution in [1.29, 1.82) is 0 Å². The van der Waals surface area contributed by atoms with Gasteiger partial charge in [-0.1, -0.05) is 0 Å². The SMILES string of the molecule is COC(=O)N1CCC(CCON)CC1. The lowest BCUT2D eigenvalue weighted by Crippen LogP contribution is -2.38. The van der Waals surface area contributed by atoms with Crippen LogP contribution in [0.3, 0.4) is 0 Å². The Bertz CT molecular complexity index is 179. The van der Waals surface area contributed by atoms with Crippen molar-refractivity contribution in [2.75, 3.05) is 26.8 Å². The number of carbonyl (C=O) groups excluding carboxylic acids is 1. The van der Waals surface area contributed by atoms with Crippen LogP contribution in [0.1, 0.15) is 19.3 Å². The minimum atomic E-state index is -0.224. The molecule has 82 valence electrons. The van der Waals surface area contributed by atoms with E-state index in [0.717, 1.165) is 32.4 Å². The molecule has 0 aromatic carbocycles. The highest BCUT2D eigenvalue weighted by Crippen LogP contribution is 2.20. The van der Waals surface area contributed by atoms with Gasteiger partial charge in [-0.2, -0.15) is 0 Å². The molecule has 1 aliphatic rings. The summed E-state index contributed by atoms with van der Waals surface area (Å²) in [5.74, 6) is 5.58. The molecule has 1 rings (SSSR count). The van der Waals surface area contributed by atoms with E-state index in [0.29, 0.717) is 12.5 Å².